The number of amides is 7. The van der Waals surface area contributed by atoms with Crippen LogP contribution in [-0.4, -0.2) is 151 Å². The second-order valence-electron chi connectivity index (χ2n) is 18.3. The number of carbonyl (C=O) groups is 8. The van der Waals surface area contributed by atoms with Gasteiger partial charge < -0.3 is 45.8 Å². The minimum atomic E-state index is -1.21. The summed E-state index contributed by atoms with van der Waals surface area (Å²) in [5, 5.41) is 22.8. The molecule has 0 radical (unpaired) electrons. The number of aromatic nitrogens is 8. The second-order valence-corrected chi connectivity index (χ2v) is 19.5. The van der Waals surface area contributed by atoms with E-state index in [2.05, 4.69) is 25.8 Å². The van der Waals surface area contributed by atoms with Crippen molar-refractivity contribution >= 4 is 93.0 Å². The average molecular weight is 1060 g/mol. The summed E-state index contributed by atoms with van der Waals surface area (Å²) in [7, 11) is 3.07. The molecule has 0 bridgehead atoms. The van der Waals surface area contributed by atoms with Gasteiger partial charge in [-0.2, -0.15) is 10.2 Å². The Bertz CT molecular complexity index is 3350. The van der Waals surface area contributed by atoms with Gasteiger partial charge in [0.25, 0.3) is 11.8 Å². The van der Waals surface area contributed by atoms with Gasteiger partial charge >= 0.3 is 5.97 Å². The van der Waals surface area contributed by atoms with Gasteiger partial charge in [0.1, 0.15) is 40.0 Å². The molecule has 0 aliphatic carbocycles. The number of aliphatic carboxylic acids is 1. The normalized spacial score (nSPS) is 15.2. The number of carbonyl (C=O) groups excluding carboxylic acids is 7. The fraction of sp³-hybridized carbons (Fsp3) is 0.388. The summed E-state index contributed by atoms with van der Waals surface area (Å²) < 4.78 is 18.5. The maximum absolute atomic E-state index is 13.8. The van der Waals surface area contributed by atoms with Crippen molar-refractivity contribution in [3.8, 4) is 11.5 Å². The van der Waals surface area contributed by atoms with Crippen LogP contribution in [-0.2, 0) is 45.9 Å². The van der Waals surface area contributed by atoms with Crippen LogP contribution in [0.15, 0.2) is 48.6 Å². The second kappa shape index (κ2) is 22.5. The first-order chi connectivity index (χ1) is 36.2. The van der Waals surface area contributed by atoms with Crippen molar-refractivity contribution in [2.24, 2.45) is 30.2 Å². The van der Waals surface area contributed by atoms with Crippen molar-refractivity contribution in [3.05, 3.63) is 82.5 Å². The lowest BCUT2D eigenvalue weighted by Crippen LogP contribution is -2.51. The zero-order valence-corrected chi connectivity index (χ0v) is 43.1. The number of primary amides is 2. The van der Waals surface area contributed by atoms with Crippen LogP contribution >= 0.6 is 11.8 Å². The molecule has 0 saturated carbocycles. The molecule has 4 aromatic heterocycles. The van der Waals surface area contributed by atoms with Gasteiger partial charge in [-0.15, -0.1) is 11.8 Å². The third-order valence-corrected chi connectivity index (χ3v) is 14.2. The van der Waals surface area contributed by atoms with Crippen molar-refractivity contribution in [2.45, 2.75) is 71.0 Å². The molecule has 2 fully saturated rings. The van der Waals surface area contributed by atoms with E-state index in [1.807, 2.05) is 6.92 Å². The standard InChI is InChI=1S/C49H57N15O11S/c1-6-64-34(16-26(3)58-64)45(70)56-49-53-31-17-28(42(51)67)19-35(74-5)40(31)62(49)11-7-8-12-63-41-32(54-48(63)55-44(69)33-15-25(2)57-59(33)4)18-29(43(52)68)20-36(41)75-14-10-27-22-60(23-27)38(65)9-13-61-39(66)21-37(46(61)71)76-24-30(50)47(72)73/h7-8,15-20,27,30,37H,6,9-14,21-24,50H2,1-5H3,(H2,51,67)(H2,52,68)(H,72,73)(H,53,56,70)(H,54,55,69)/b8-7+/t30-,37?/m0/s1. The number of thioether (sulfide) groups is 1. The Morgan fingerprint density at radius 1 is 0.842 bits per heavy atom. The molecule has 27 heteroatoms. The van der Waals surface area contributed by atoms with E-state index in [1.54, 1.807) is 63.9 Å². The number of likely N-dealkylation sites (tertiary alicyclic amines) is 2. The quantitative estimate of drug-likeness (QED) is 0.0394. The van der Waals surface area contributed by atoms with Crippen molar-refractivity contribution in [1.82, 2.24) is 48.5 Å². The van der Waals surface area contributed by atoms with Crippen LogP contribution in [0.4, 0.5) is 11.9 Å². The molecule has 2 aliphatic heterocycles. The number of benzene rings is 2. The maximum atomic E-state index is 13.8. The van der Waals surface area contributed by atoms with Gasteiger partial charge in [0.2, 0.25) is 41.4 Å². The van der Waals surface area contributed by atoms with Crippen LogP contribution in [0, 0.1) is 19.8 Å². The first kappa shape index (κ1) is 53.7. The molecule has 2 aromatic carbocycles. The van der Waals surface area contributed by atoms with Gasteiger partial charge in [-0.1, -0.05) is 12.2 Å². The van der Waals surface area contributed by atoms with Crippen molar-refractivity contribution in [3.63, 3.8) is 0 Å². The van der Waals surface area contributed by atoms with Crippen molar-refractivity contribution in [2.75, 3.05) is 49.7 Å². The number of nitrogens with zero attached hydrogens (tertiary/aromatic N) is 10. The first-order valence-electron chi connectivity index (χ1n) is 24.1. The molecule has 26 nitrogen and oxygen atoms in total. The molecule has 6 aromatic rings. The number of ether oxygens (including phenoxy) is 2. The molecule has 76 heavy (non-hydrogen) atoms. The summed E-state index contributed by atoms with van der Waals surface area (Å²) in [5.41, 5.74) is 20.5. The van der Waals surface area contributed by atoms with Gasteiger partial charge in [-0.05, 0) is 69.5 Å². The number of hydrogen-bond donors (Lipinski definition) is 6. The number of fused-ring (bicyclic) bond motifs is 2. The highest BCUT2D eigenvalue weighted by Gasteiger charge is 2.40. The summed E-state index contributed by atoms with van der Waals surface area (Å²) in [6.07, 6.45) is 3.91. The summed E-state index contributed by atoms with van der Waals surface area (Å²) in [6.45, 7) is 6.85. The number of carboxylic acids is 1. The Hall–Kier alpha value is -8.59. The van der Waals surface area contributed by atoms with Crippen LogP contribution in [0.3, 0.4) is 0 Å². The summed E-state index contributed by atoms with van der Waals surface area (Å²) in [5.74, 6) is -4.06. The molecule has 0 spiro atoms. The molecule has 2 atom stereocenters. The minimum absolute atomic E-state index is 0.0333. The third-order valence-electron chi connectivity index (χ3n) is 12.9. The lowest BCUT2D eigenvalue weighted by molar-refractivity contribution is -0.142. The Balaban J connectivity index is 1.01. The topological polar surface area (TPSA) is 355 Å². The number of aryl methyl sites for hydroxylation is 4. The molecule has 400 valence electrons. The Labute approximate surface area is 437 Å². The third kappa shape index (κ3) is 11.4. The van der Waals surface area contributed by atoms with Crippen LogP contribution in [0.5, 0.6) is 11.5 Å². The van der Waals surface area contributed by atoms with Gasteiger partial charge in [-0.25, -0.2) is 9.97 Å². The minimum Gasteiger partial charge on any atom is -0.494 e. The van der Waals surface area contributed by atoms with Gasteiger partial charge in [0, 0.05) is 76.0 Å². The van der Waals surface area contributed by atoms with E-state index < -0.39 is 52.7 Å². The highest BCUT2D eigenvalue weighted by Crippen LogP contribution is 2.34. The molecule has 6 heterocycles. The van der Waals surface area contributed by atoms with Crippen LogP contribution < -0.4 is 37.3 Å². The zero-order chi connectivity index (χ0) is 54.7. The number of allylic oxidation sites excluding steroid dienone is 2. The fourth-order valence-corrected chi connectivity index (χ4v) is 10.1. The predicted molar refractivity (Wildman–Crippen MR) is 277 cm³/mol. The SMILES string of the molecule is CCn1nc(C)cc1C(=O)Nc1nc2cc(C(N)=O)cc(OC)c2n1C/C=C/Cn1c(NC(=O)c2cc(C)nn2C)nc2cc(C(N)=O)cc(OCCC3CN(C(=O)CCN4C(=O)CC(SC[C@H](N)C(=O)O)C4=O)C3)c21. The zero-order valence-electron chi connectivity index (χ0n) is 42.3. The fourth-order valence-electron chi connectivity index (χ4n) is 9.01. The van der Waals surface area contributed by atoms with E-state index in [-0.39, 0.29) is 102 Å². The number of hydrogen-bond acceptors (Lipinski definition) is 16. The summed E-state index contributed by atoms with van der Waals surface area (Å²) >= 11 is 1.01. The highest BCUT2D eigenvalue weighted by atomic mass is 32.2. The average Bonchev–Trinajstić information content (AvgIpc) is 4.17. The van der Waals surface area contributed by atoms with Crippen LogP contribution in [0.25, 0.3) is 22.1 Å². The molecule has 2 saturated heterocycles. The number of carboxylic acid groups (broad SMARTS) is 1. The van der Waals surface area contributed by atoms with E-state index in [0.717, 1.165) is 16.7 Å². The molecule has 7 amide bonds. The number of imidazole rings is 2. The molecular weight excluding hydrogens is 1010 g/mol. The van der Waals surface area contributed by atoms with E-state index in [0.29, 0.717) is 59.7 Å². The number of rotatable bonds is 23. The maximum Gasteiger partial charge on any atom is 0.321 e. The number of imide groups is 1. The van der Waals surface area contributed by atoms with Gasteiger partial charge in [-0.3, -0.25) is 63.3 Å². The summed E-state index contributed by atoms with van der Waals surface area (Å²) in [4.78, 5) is 114. The lowest BCUT2D eigenvalue weighted by atomic mass is 9.96. The van der Waals surface area contributed by atoms with Gasteiger partial charge in [0.05, 0.1) is 41.4 Å². The van der Waals surface area contributed by atoms with Crippen molar-refractivity contribution in [1.29, 1.82) is 0 Å². The molecule has 9 N–H and O–H groups in total. The van der Waals surface area contributed by atoms with Crippen LogP contribution in [0.2, 0.25) is 0 Å². The Kier molecular flexibility index (Phi) is 15.9. The predicted octanol–water partition coefficient (Wildman–Crippen LogP) is 1.81. The Morgan fingerprint density at radius 3 is 1.96 bits per heavy atom. The molecular formula is C49H57N15O11S. The van der Waals surface area contributed by atoms with Crippen molar-refractivity contribution < 1.29 is 52.9 Å². The largest absolute Gasteiger partial charge is 0.494 e. The molecule has 2 aliphatic rings. The number of nitrogens with two attached hydrogens (primary N) is 3. The van der Waals surface area contributed by atoms with E-state index in [4.69, 9.17) is 36.8 Å². The number of anilines is 2. The lowest BCUT2D eigenvalue weighted by Gasteiger charge is -2.39. The Morgan fingerprint density at radius 2 is 1.41 bits per heavy atom. The number of nitrogens with one attached hydrogen (secondary N) is 2. The van der Waals surface area contributed by atoms with E-state index >= 15 is 0 Å². The first-order valence-corrected chi connectivity index (χ1v) is 25.2. The highest BCUT2D eigenvalue weighted by molar-refractivity contribution is 8.00. The molecule has 1 unspecified atom stereocenters. The van der Waals surface area contributed by atoms with E-state index in [1.165, 1.54) is 36.1 Å². The van der Waals surface area contributed by atoms with Gasteiger partial charge in [0.15, 0.2) is 0 Å². The van der Waals surface area contributed by atoms with E-state index in [9.17, 15) is 38.4 Å². The monoisotopic (exact) mass is 1060 g/mol. The van der Waals surface area contributed by atoms with Crippen LogP contribution in [0.1, 0.15) is 79.3 Å². The smallest absolute Gasteiger partial charge is 0.321 e. The summed E-state index contributed by atoms with van der Waals surface area (Å²) in [6, 6.07) is 8.08. The number of methoxy groups -OCH3 is 1. The molecule has 8 rings (SSSR count).